The van der Waals surface area contributed by atoms with E-state index in [1.165, 1.54) is 0 Å². The van der Waals surface area contributed by atoms with Crippen LogP contribution in [0.15, 0.2) is 42.7 Å². The zero-order chi connectivity index (χ0) is 16.3. The van der Waals surface area contributed by atoms with Gasteiger partial charge in [-0.1, -0.05) is 24.3 Å². The number of carbonyl (C=O) groups excluding carboxylic acids is 1. The van der Waals surface area contributed by atoms with E-state index in [1.54, 1.807) is 6.20 Å². The van der Waals surface area contributed by atoms with Crippen molar-refractivity contribution >= 4 is 6.03 Å². The molecule has 2 amide bonds. The van der Waals surface area contributed by atoms with Crippen molar-refractivity contribution in [1.29, 1.82) is 0 Å². The van der Waals surface area contributed by atoms with Crippen LogP contribution in [-0.2, 0) is 17.8 Å². The van der Waals surface area contributed by atoms with Gasteiger partial charge in [-0.05, 0) is 30.5 Å². The van der Waals surface area contributed by atoms with Crippen LogP contribution >= 0.6 is 0 Å². The number of nitrogens with one attached hydrogen (secondary N) is 2. The van der Waals surface area contributed by atoms with E-state index in [4.69, 9.17) is 4.74 Å². The molecule has 0 bridgehead atoms. The molecule has 2 aromatic rings. The Hall–Kier alpha value is -2.34. The highest BCUT2D eigenvalue weighted by atomic mass is 16.5. The van der Waals surface area contributed by atoms with Gasteiger partial charge in [0.15, 0.2) is 0 Å². The van der Waals surface area contributed by atoms with Crippen molar-refractivity contribution in [3.05, 3.63) is 53.9 Å². The van der Waals surface area contributed by atoms with Gasteiger partial charge in [-0.25, -0.2) is 4.79 Å². The monoisotopic (exact) mass is 316 g/mol. The SMILES string of the molecule is CCOCCCNC(=O)NCc1cccc(Cn2cccn2)c1. The van der Waals surface area contributed by atoms with E-state index in [0.29, 0.717) is 26.3 Å². The summed E-state index contributed by atoms with van der Waals surface area (Å²) in [5.74, 6) is 0. The summed E-state index contributed by atoms with van der Waals surface area (Å²) >= 11 is 0. The normalized spacial score (nSPS) is 10.5. The van der Waals surface area contributed by atoms with E-state index in [2.05, 4.69) is 27.9 Å². The summed E-state index contributed by atoms with van der Waals surface area (Å²) in [6.45, 7) is 5.19. The first kappa shape index (κ1) is 17.0. The molecule has 6 heteroatoms. The summed E-state index contributed by atoms with van der Waals surface area (Å²) in [5.41, 5.74) is 2.23. The van der Waals surface area contributed by atoms with Crippen LogP contribution < -0.4 is 10.6 Å². The first-order valence-corrected chi connectivity index (χ1v) is 7.92. The largest absolute Gasteiger partial charge is 0.382 e. The number of hydrogen-bond acceptors (Lipinski definition) is 3. The molecule has 6 nitrogen and oxygen atoms in total. The zero-order valence-electron chi connectivity index (χ0n) is 13.5. The van der Waals surface area contributed by atoms with E-state index in [0.717, 1.165) is 24.1 Å². The third-order valence-corrected chi connectivity index (χ3v) is 3.30. The van der Waals surface area contributed by atoms with Crippen LogP contribution in [0.25, 0.3) is 0 Å². The number of ether oxygens (including phenoxy) is 1. The number of hydrogen-bond donors (Lipinski definition) is 2. The van der Waals surface area contributed by atoms with Crippen LogP contribution in [0.2, 0.25) is 0 Å². The van der Waals surface area contributed by atoms with Gasteiger partial charge in [0, 0.05) is 38.7 Å². The first-order valence-electron chi connectivity index (χ1n) is 7.92. The summed E-state index contributed by atoms with van der Waals surface area (Å²) < 4.78 is 7.09. The molecule has 0 saturated heterocycles. The van der Waals surface area contributed by atoms with E-state index in [1.807, 2.05) is 36.0 Å². The molecule has 0 aliphatic rings. The van der Waals surface area contributed by atoms with E-state index < -0.39 is 0 Å². The Morgan fingerprint density at radius 1 is 1.26 bits per heavy atom. The summed E-state index contributed by atoms with van der Waals surface area (Å²) in [6, 6.07) is 9.88. The number of aromatic nitrogens is 2. The van der Waals surface area contributed by atoms with E-state index >= 15 is 0 Å². The zero-order valence-corrected chi connectivity index (χ0v) is 13.5. The number of rotatable bonds is 9. The number of amides is 2. The van der Waals surface area contributed by atoms with Gasteiger partial charge >= 0.3 is 6.03 Å². The Labute approximate surface area is 136 Å². The maximum absolute atomic E-state index is 11.7. The quantitative estimate of drug-likeness (QED) is 0.697. The van der Waals surface area contributed by atoms with Gasteiger partial charge in [0.1, 0.15) is 0 Å². The number of carbonyl (C=O) groups is 1. The van der Waals surface area contributed by atoms with Crippen LogP contribution in [0, 0.1) is 0 Å². The smallest absolute Gasteiger partial charge is 0.315 e. The lowest BCUT2D eigenvalue weighted by Crippen LogP contribution is -2.35. The molecule has 0 atom stereocenters. The molecular weight excluding hydrogens is 292 g/mol. The maximum atomic E-state index is 11.7. The molecule has 23 heavy (non-hydrogen) atoms. The second-order valence-corrected chi connectivity index (χ2v) is 5.18. The summed E-state index contributed by atoms with van der Waals surface area (Å²) in [6.07, 6.45) is 4.52. The van der Waals surface area contributed by atoms with Crippen molar-refractivity contribution in [2.45, 2.75) is 26.4 Å². The number of nitrogens with zero attached hydrogens (tertiary/aromatic N) is 2. The van der Waals surface area contributed by atoms with Crippen LogP contribution in [0.5, 0.6) is 0 Å². The Morgan fingerprint density at radius 2 is 2.13 bits per heavy atom. The second-order valence-electron chi connectivity index (χ2n) is 5.18. The van der Waals surface area contributed by atoms with Crippen molar-refractivity contribution in [2.24, 2.45) is 0 Å². The Bertz CT molecular complexity index is 584. The van der Waals surface area contributed by atoms with E-state index in [9.17, 15) is 4.79 Å². The highest BCUT2D eigenvalue weighted by molar-refractivity contribution is 5.73. The van der Waals surface area contributed by atoms with Gasteiger partial charge in [-0.15, -0.1) is 0 Å². The molecule has 0 radical (unpaired) electrons. The van der Waals surface area contributed by atoms with Crippen LogP contribution in [-0.4, -0.2) is 35.6 Å². The van der Waals surface area contributed by atoms with Gasteiger partial charge in [-0.2, -0.15) is 5.10 Å². The molecule has 0 saturated carbocycles. The fraction of sp³-hybridized carbons (Fsp3) is 0.412. The Balaban J connectivity index is 1.71. The molecule has 1 aromatic carbocycles. The molecule has 124 valence electrons. The number of benzene rings is 1. The third kappa shape index (κ3) is 6.52. The minimum absolute atomic E-state index is 0.154. The molecule has 1 heterocycles. The molecule has 1 aromatic heterocycles. The van der Waals surface area contributed by atoms with Gasteiger partial charge in [0.2, 0.25) is 0 Å². The first-order chi connectivity index (χ1) is 11.3. The summed E-state index contributed by atoms with van der Waals surface area (Å²) in [5, 5.41) is 9.88. The van der Waals surface area contributed by atoms with Crippen LogP contribution in [0.4, 0.5) is 4.79 Å². The second kappa shape index (κ2) is 9.63. The lowest BCUT2D eigenvalue weighted by molar-refractivity contribution is 0.145. The van der Waals surface area contributed by atoms with Crippen molar-refractivity contribution in [1.82, 2.24) is 20.4 Å². The lowest BCUT2D eigenvalue weighted by Gasteiger charge is -2.09. The number of urea groups is 1. The van der Waals surface area contributed by atoms with Crippen LogP contribution in [0.1, 0.15) is 24.5 Å². The van der Waals surface area contributed by atoms with Crippen molar-refractivity contribution in [3.8, 4) is 0 Å². The van der Waals surface area contributed by atoms with Crippen molar-refractivity contribution in [2.75, 3.05) is 19.8 Å². The summed E-state index contributed by atoms with van der Waals surface area (Å²) in [7, 11) is 0. The van der Waals surface area contributed by atoms with Crippen LogP contribution in [0.3, 0.4) is 0 Å². The standard InChI is InChI=1S/C17H24N4O2/c1-2-23-11-5-8-18-17(22)19-13-15-6-3-7-16(12-15)14-21-10-4-9-20-21/h3-4,6-7,9-10,12H,2,5,8,11,13-14H2,1H3,(H2,18,19,22). The minimum atomic E-state index is -0.154. The van der Waals surface area contributed by atoms with E-state index in [-0.39, 0.29) is 6.03 Å². The molecule has 0 unspecified atom stereocenters. The Morgan fingerprint density at radius 3 is 2.91 bits per heavy atom. The lowest BCUT2D eigenvalue weighted by atomic mass is 10.1. The van der Waals surface area contributed by atoms with Gasteiger partial charge < -0.3 is 15.4 Å². The Kier molecular flexibility index (Phi) is 7.13. The fourth-order valence-corrected chi connectivity index (χ4v) is 2.18. The van der Waals surface area contributed by atoms with Gasteiger partial charge in [-0.3, -0.25) is 4.68 Å². The predicted molar refractivity (Wildman–Crippen MR) is 89.1 cm³/mol. The average Bonchev–Trinajstić information content (AvgIpc) is 3.06. The molecule has 0 aliphatic carbocycles. The third-order valence-electron chi connectivity index (χ3n) is 3.30. The van der Waals surface area contributed by atoms with Crippen molar-refractivity contribution in [3.63, 3.8) is 0 Å². The molecule has 2 rings (SSSR count). The minimum Gasteiger partial charge on any atom is -0.382 e. The van der Waals surface area contributed by atoms with Gasteiger partial charge in [0.25, 0.3) is 0 Å². The summed E-state index contributed by atoms with van der Waals surface area (Å²) in [4.78, 5) is 11.7. The average molecular weight is 316 g/mol. The predicted octanol–water partition coefficient (Wildman–Crippen LogP) is 2.16. The maximum Gasteiger partial charge on any atom is 0.315 e. The molecule has 0 aliphatic heterocycles. The highest BCUT2D eigenvalue weighted by Gasteiger charge is 2.01. The molecule has 2 N–H and O–H groups in total. The molecular formula is C17H24N4O2. The fourth-order valence-electron chi connectivity index (χ4n) is 2.18. The van der Waals surface area contributed by atoms with Gasteiger partial charge in [0.05, 0.1) is 6.54 Å². The molecule has 0 spiro atoms. The van der Waals surface area contributed by atoms with Crippen molar-refractivity contribution < 1.29 is 9.53 Å². The highest BCUT2D eigenvalue weighted by Crippen LogP contribution is 2.06. The topological polar surface area (TPSA) is 68.2 Å². The molecule has 0 fully saturated rings.